The second-order valence-electron chi connectivity index (χ2n) is 27.5. The molecule has 2 aromatic carbocycles. The Morgan fingerprint density at radius 2 is 1.09 bits per heavy atom. The number of urea groups is 1. The highest BCUT2D eigenvalue weighted by Gasteiger charge is 2.31. The van der Waals surface area contributed by atoms with E-state index in [1.165, 1.54) is 12.6 Å². The third kappa shape index (κ3) is 18.6. The Bertz CT molecular complexity index is 3630. The molecule has 1 saturated carbocycles. The number of halogens is 1. The number of Topliss-reactive ketones (excluding diaryl/α,β-unsaturated/α-hetero) is 3. The van der Waals surface area contributed by atoms with E-state index in [0.29, 0.717) is 86.5 Å². The maximum absolute atomic E-state index is 13.4. The summed E-state index contributed by atoms with van der Waals surface area (Å²) in [5.41, 5.74) is 6.35. The topological polar surface area (TPSA) is 226 Å². The van der Waals surface area contributed by atoms with Crippen LogP contribution < -0.4 is 10.6 Å². The summed E-state index contributed by atoms with van der Waals surface area (Å²) < 4.78 is 16.2. The van der Waals surface area contributed by atoms with E-state index in [1.807, 2.05) is 145 Å². The molecule has 1 aliphatic rings. The van der Waals surface area contributed by atoms with Crippen molar-refractivity contribution in [1.82, 2.24) is 49.3 Å². The summed E-state index contributed by atoms with van der Waals surface area (Å²) in [7, 11) is -2.31. The Kier molecular flexibility index (Phi) is 21.9. The molecule has 0 saturated heterocycles. The number of fused-ring (bicyclic) bond motifs is 3. The van der Waals surface area contributed by atoms with E-state index in [2.05, 4.69) is 90.8 Å². The number of amides is 2. The van der Waals surface area contributed by atoms with Crippen LogP contribution in [0.3, 0.4) is 0 Å². The molecule has 18 nitrogen and oxygen atoms in total. The first kappa shape index (κ1) is 66.6. The Morgan fingerprint density at radius 1 is 0.616 bits per heavy atom. The SMILES string of the molecule is CC(C)(C)C(=O)c1c[nH]c2ncc(NC(=O)NC3CCCCC3)nc12.CC(C)(C)C(=O)c1cn(COCC[Si](C)(C)C)c2ncc(Br)nc12.CC(C)(C)C(=O)c1cn(COCC[Si](C)(C)C)c2ncc(N=C(c3ccccc3)c3ccccc3)nc12. The fourth-order valence-corrected chi connectivity index (χ4v) is 11.1. The van der Waals surface area contributed by atoms with Crippen LogP contribution >= 0.6 is 15.9 Å². The molecule has 0 aliphatic heterocycles. The number of H-pyrrole nitrogens is 1. The minimum absolute atomic E-state index is 0.0140. The normalized spacial score (nSPS) is 13.4. The highest BCUT2D eigenvalue weighted by atomic mass is 79.9. The Labute approximate surface area is 516 Å². The average Bonchev–Trinajstić information content (AvgIpc) is 2.84. The van der Waals surface area contributed by atoms with Gasteiger partial charge in [-0.2, -0.15) is 0 Å². The van der Waals surface area contributed by atoms with Crippen LogP contribution in [0.5, 0.6) is 0 Å². The number of carbonyl (C=O) groups excluding carboxylic acids is 4. The van der Waals surface area contributed by atoms with Gasteiger partial charge in [-0.1, -0.05) is 182 Å². The first-order valence-corrected chi connectivity index (χ1v) is 37.9. The lowest BCUT2D eigenvalue weighted by molar-refractivity contribution is 0.0842. The van der Waals surface area contributed by atoms with Gasteiger partial charge in [0, 0.05) is 81.4 Å². The Morgan fingerprint density at radius 3 is 1.58 bits per heavy atom. The molecule has 0 bridgehead atoms. The van der Waals surface area contributed by atoms with E-state index in [0.717, 1.165) is 61.2 Å². The molecule has 9 rings (SSSR count). The third-order valence-corrected chi connectivity index (χ3v) is 18.0. The summed E-state index contributed by atoms with van der Waals surface area (Å²) in [5, 5.41) is 5.71. The van der Waals surface area contributed by atoms with Crippen molar-refractivity contribution in [3.05, 3.63) is 130 Å². The number of hydrogen-bond donors (Lipinski definition) is 3. The van der Waals surface area contributed by atoms with Gasteiger partial charge in [0.15, 0.2) is 45.9 Å². The highest BCUT2D eigenvalue weighted by Crippen LogP contribution is 2.31. The van der Waals surface area contributed by atoms with Gasteiger partial charge in [-0.3, -0.25) is 19.7 Å². The van der Waals surface area contributed by atoms with Crippen LogP contribution in [-0.4, -0.2) is 109 Å². The van der Waals surface area contributed by atoms with Gasteiger partial charge in [0.05, 0.1) is 41.0 Å². The van der Waals surface area contributed by atoms with E-state index in [1.54, 1.807) is 18.6 Å². The number of nitrogens with one attached hydrogen (secondary N) is 3. The molecule has 3 N–H and O–H groups in total. The van der Waals surface area contributed by atoms with Crippen LogP contribution in [-0.2, 0) is 22.9 Å². The predicted molar refractivity (Wildman–Crippen MR) is 353 cm³/mol. The second-order valence-corrected chi connectivity index (χ2v) is 39.6. The van der Waals surface area contributed by atoms with E-state index in [4.69, 9.17) is 24.4 Å². The number of benzene rings is 2. The standard InChI is InChI=1S/C30H36N4O2Si.C18H25N5O2.C17H26BrN3O2Si/c1-30(2,3)28(35)24-20-34(21-36-17-18-37(4,5)6)29-27(24)33-25(19-31-29)32-26(22-13-9-7-10-14-22)23-15-11-8-12-16-23;1-18(2,3)15(24)12-9-19-16-14(12)22-13(10-20-16)23-17(25)21-11-7-5-4-6-8-11;1-17(2,3)15(22)12-10-21(11-23-7-8-24(4,5)6)16-14(12)20-13(18)9-19-16/h7-16,19-20H,17-18,21H2,1-6H3;9-11H,4-8H2,1-3H3,(H,19,20)(H2,21,22,23,25);9-10H,7-8,11H2,1-6H3. The molecule has 0 spiro atoms. The van der Waals surface area contributed by atoms with Gasteiger partial charge < -0.3 is 28.9 Å². The second kappa shape index (κ2) is 28.3. The van der Waals surface area contributed by atoms with Crippen molar-refractivity contribution in [2.24, 2.45) is 21.2 Å². The largest absolute Gasteiger partial charge is 0.361 e. The molecule has 6 aromatic heterocycles. The predicted octanol–water partition coefficient (Wildman–Crippen LogP) is 15.5. The van der Waals surface area contributed by atoms with Crippen molar-refractivity contribution in [3.63, 3.8) is 0 Å². The van der Waals surface area contributed by atoms with Crippen molar-refractivity contribution < 1.29 is 28.7 Å². The van der Waals surface area contributed by atoms with Crippen molar-refractivity contribution >= 4 is 106 Å². The van der Waals surface area contributed by atoms with E-state index >= 15 is 0 Å². The van der Waals surface area contributed by atoms with Crippen LogP contribution in [0.15, 0.2) is 107 Å². The molecule has 21 heteroatoms. The van der Waals surface area contributed by atoms with Crippen molar-refractivity contribution in [1.29, 1.82) is 0 Å². The van der Waals surface area contributed by atoms with Crippen LogP contribution in [0.2, 0.25) is 51.4 Å². The maximum Gasteiger partial charge on any atom is 0.320 e. The van der Waals surface area contributed by atoms with Crippen molar-refractivity contribution in [2.45, 2.75) is 165 Å². The zero-order valence-electron chi connectivity index (χ0n) is 52.9. The van der Waals surface area contributed by atoms with Gasteiger partial charge in [0.25, 0.3) is 0 Å². The summed E-state index contributed by atoms with van der Waals surface area (Å²) in [6, 6.07) is 22.2. The molecule has 86 heavy (non-hydrogen) atoms. The van der Waals surface area contributed by atoms with Gasteiger partial charge in [0.2, 0.25) is 0 Å². The van der Waals surface area contributed by atoms with Gasteiger partial charge in [-0.05, 0) is 40.9 Å². The number of ketones is 3. The smallest absolute Gasteiger partial charge is 0.320 e. The summed E-state index contributed by atoms with van der Waals surface area (Å²) in [5.74, 6) is 0.844. The fraction of sp³-hybridized carbons (Fsp3) is 0.462. The first-order chi connectivity index (χ1) is 40.4. The van der Waals surface area contributed by atoms with Gasteiger partial charge in [0.1, 0.15) is 34.6 Å². The molecule has 6 heterocycles. The van der Waals surface area contributed by atoms with Crippen LogP contribution in [0.25, 0.3) is 33.5 Å². The molecule has 0 atom stereocenters. The zero-order valence-corrected chi connectivity index (χ0v) is 56.5. The molecular weight excluding hydrogens is 1180 g/mol. The number of nitrogens with zero attached hydrogens (tertiary/aromatic N) is 9. The van der Waals surface area contributed by atoms with Crippen LogP contribution in [0.1, 0.15) is 137 Å². The van der Waals surface area contributed by atoms with E-state index in [-0.39, 0.29) is 29.4 Å². The number of aromatic nitrogens is 9. The number of hydrogen-bond acceptors (Lipinski definition) is 13. The molecule has 2 amide bonds. The molecule has 0 radical (unpaired) electrons. The van der Waals surface area contributed by atoms with Gasteiger partial charge in [-0.25, -0.2) is 39.7 Å². The van der Waals surface area contributed by atoms with E-state index < -0.39 is 32.4 Å². The number of rotatable bonds is 18. The van der Waals surface area contributed by atoms with Crippen LogP contribution in [0.4, 0.5) is 16.4 Å². The number of anilines is 1. The molecule has 458 valence electrons. The fourth-order valence-electron chi connectivity index (χ4n) is 9.26. The van der Waals surface area contributed by atoms with Gasteiger partial charge in [-0.15, -0.1) is 0 Å². The molecule has 0 unspecified atom stereocenters. The lowest BCUT2D eigenvalue weighted by Crippen LogP contribution is -2.39. The molecule has 1 aliphatic carbocycles. The summed E-state index contributed by atoms with van der Waals surface area (Å²) in [4.78, 5) is 85.8. The van der Waals surface area contributed by atoms with Crippen molar-refractivity contribution in [3.8, 4) is 0 Å². The Hall–Kier alpha value is -6.92. The summed E-state index contributed by atoms with van der Waals surface area (Å²) >= 11 is 3.34. The third-order valence-electron chi connectivity index (χ3n) is 14.2. The number of aromatic amines is 1. The lowest BCUT2D eigenvalue weighted by atomic mass is 9.87. The zero-order chi connectivity index (χ0) is 62.8. The lowest BCUT2D eigenvalue weighted by Gasteiger charge is -2.22. The van der Waals surface area contributed by atoms with Crippen molar-refractivity contribution in [2.75, 3.05) is 18.5 Å². The number of aliphatic imine (C=N–C) groups is 1. The number of carbonyl (C=O) groups is 4. The number of ether oxygens (including phenoxy) is 2. The minimum atomic E-state index is -1.20. The minimum Gasteiger partial charge on any atom is -0.361 e. The quantitative estimate of drug-likeness (QED) is 0.0316. The Balaban J connectivity index is 0.000000191. The average molecular weight is 1270 g/mol. The summed E-state index contributed by atoms with van der Waals surface area (Å²) in [6.07, 6.45) is 15.6. The highest BCUT2D eigenvalue weighted by molar-refractivity contribution is 9.10. The van der Waals surface area contributed by atoms with Crippen LogP contribution in [0, 0.1) is 16.2 Å². The first-order valence-electron chi connectivity index (χ1n) is 29.6. The molecule has 1 fully saturated rings. The molecular formula is C65H87BrN12O6Si2. The maximum atomic E-state index is 13.4. The van der Waals surface area contributed by atoms with Gasteiger partial charge >= 0.3 is 6.03 Å². The van der Waals surface area contributed by atoms with E-state index in [9.17, 15) is 19.2 Å². The molecule has 8 aromatic rings. The summed E-state index contributed by atoms with van der Waals surface area (Å²) in [6.45, 7) is 33.2. The monoisotopic (exact) mass is 1270 g/mol.